The van der Waals surface area contributed by atoms with Gasteiger partial charge in [0.15, 0.2) is 0 Å². The fraction of sp³-hybridized carbons (Fsp3) is 0.368. The first-order valence-electron chi connectivity index (χ1n) is 8.73. The SMILES string of the molecule is Cc1ccnc(Cn2c(N3CC[C@@H](F)[C@H](N)C3)nc3cc(F)ccc32)c1. The quantitative estimate of drug-likeness (QED) is 0.783. The average molecular weight is 357 g/mol. The topological polar surface area (TPSA) is 60.0 Å². The van der Waals surface area contributed by atoms with Crippen LogP contribution in [0.4, 0.5) is 14.7 Å². The summed E-state index contributed by atoms with van der Waals surface area (Å²) in [6.45, 7) is 3.43. The van der Waals surface area contributed by atoms with E-state index in [4.69, 9.17) is 5.73 Å². The van der Waals surface area contributed by atoms with Gasteiger partial charge in [-0.15, -0.1) is 0 Å². The van der Waals surface area contributed by atoms with Crippen molar-refractivity contribution in [3.8, 4) is 0 Å². The van der Waals surface area contributed by atoms with Crippen LogP contribution in [0.3, 0.4) is 0 Å². The van der Waals surface area contributed by atoms with Gasteiger partial charge < -0.3 is 15.2 Å². The zero-order chi connectivity index (χ0) is 18.3. The van der Waals surface area contributed by atoms with Crippen molar-refractivity contribution in [3.05, 3.63) is 53.6 Å². The van der Waals surface area contributed by atoms with Crippen molar-refractivity contribution in [1.29, 1.82) is 0 Å². The predicted molar refractivity (Wildman–Crippen MR) is 97.5 cm³/mol. The number of hydrogen-bond acceptors (Lipinski definition) is 4. The lowest BCUT2D eigenvalue weighted by molar-refractivity contribution is 0.243. The lowest BCUT2D eigenvalue weighted by atomic mass is 10.1. The molecule has 3 heterocycles. The van der Waals surface area contributed by atoms with E-state index in [1.807, 2.05) is 28.5 Å². The summed E-state index contributed by atoms with van der Waals surface area (Å²) < 4.78 is 29.4. The number of aryl methyl sites for hydroxylation is 1. The van der Waals surface area contributed by atoms with Gasteiger partial charge in [-0.25, -0.2) is 13.8 Å². The number of halogens is 2. The minimum atomic E-state index is -1.00. The van der Waals surface area contributed by atoms with Crippen molar-refractivity contribution < 1.29 is 8.78 Å². The molecule has 0 saturated carbocycles. The molecule has 0 aliphatic carbocycles. The number of alkyl halides is 1. The minimum absolute atomic E-state index is 0.332. The highest BCUT2D eigenvalue weighted by Gasteiger charge is 2.29. The van der Waals surface area contributed by atoms with Crippen LogP contribution in [-0.4, -0.2) is 39.8 Å². The number of rotatable bonds is 3. The normalized spacial score (nSPS) is 20.7. The monoisotopic (exact) mass is 357 g/mol. The highest BCUT2D eigenvalue weighted by Crippen LogP contribution is 2.27. The second kappa shape index (κ2) is 6.64. The largest absolute Gasteiger partial charge is 0.340 e. The summed E-state index contributed by atoms with van der Waals surface area (Å²) in [5, 5.41) is 0. The van der Waals surface area contributed by atoms with E-state index in [2.05, 4.69) is 9.97 Å². The number of fused-ring (bicyclic) bond motifs is 1. The third-order valence-electron chi connectivity index (χ3n) is 4.84. The zero-order valence-corrected chi connectivity index (χ0v) is 14.6. The zero-order valence-electron chi connectivity index (χ0n) is 14.6. The Morgan fingerprint density at radius 2 is 2.12 bits per heavy atom. The molecule has 0 unspecified atom stereocenters. The molecule has 5 nitrogen and oxygen atoms in total. The first-order chi connectivity index (χ1) is 12.5. The summed E-state index contributed by atoms with van der Waals surface area (Å²) in [6.07, 6.45) is 1.13. The molecule has 0 radical (unpaired) electrons. The Kier molecular flexibility index (Phi) is 4.32. The maximum absolute atomic E-state index is 13.8. The molecule has 1 saturated heterocycles. The maximum atomic E-state index is 13.8. The highest BCUT2D eigenvalue weighted by atomic mass is 19.1. The van der Waals surface area contributed by atoms with E-state index < -0.39 is 12.2 Å². The van der Waals surface area contributed by atoms with Gasteiger partial charge >= 0.3 is 0 Å². The van der Waals surface area contributed by atoms with E-state index >= 15 is 0 Å². The fourth-order valence-electron chi connectivity index (χ4n) is 3.47. The number of piperidine rings is 1. The third-order valence-corrected chi connectivity index (χ3v) is 4.84. The van der Waals surface area contributed by atoms with Gasteiger partial charge in [0.1, 0.15) is 12.0 Å². The van der Waals surface area contributed by atoms with E-state index in [1.165, 1.54) is 12.1 Å². The molecule has 3 aromatic rings. The van der Waals surface area contributed by atoms with Crippen molar-refractivity contribution in [1.82, 2.24) is 14.5 Å². The van der Waals surface area contributed by atoms with Crippen LogP contribution in [0.2, 0.25) is 0 Å². The number of imidazole rings is 1. The molecule has 1 fully saturated rings. The maximum Gasteiger partial charge on any atom is 0.206 e. The van der Waals surface area contributed by atoms with Crippen molar-refractivity contribution in [2.75, 3.05) is 18.0 Å². The molecule has 2 atom stereocenters. The van der Waals surface area contributed by atoms with Crippen LogP contribution < -0.4 is 10.6 Å². The van der Waals surface area contributed by atoms with E-state index in [0.29, 0.717) is 37.5 Å². The number of aromatic nitrogens is 3. The summed E-state index contributed by atoms with van der Waals surface area (Å²) in [5.74, 6) is 0.345. The number of nitrogens with two attached hydrogens (primary N) is 1. The van der Waals surface area contributed by atoms with Crippen LogP contribution in [0.5, 0.6) is 0 Å². The molecule has 0 bridgehead atoms. The summed E-state index contributed by atoms with van der Waals surface area (Å²) in [7, 11) is 0. The Balaban J connectivity index is 1.78. The standard InChI is InChI=1S/C19H21F2N5/c1-12-4-6-23-14(8-12)10-26-18-3-2-13(20)9-17(18)24-19(26)25-7-5-15(21)16(22)11-25/h2-4,6,8-9,15-16H,5,7,10-11,22H2,1H3/t15-,16-/m1/s1. The predicted octanol–water partition coefficient (Wildman–Crippen LogP) is 2.80. The van der Waals surface area contributed by atoms with Crippen molar-refractivity contribution in [2.45, 2.75) is 32.1 Å². The lowest BCUT2D eigenvalue weighted by Gasteiger charge is -2.34. The second-order valence-electron chi connectivity index (χ2n) is 6.87. The highest BCUT2D eigenvalue weighted by molar-refractivity contribution is 5.79. The van der Waals surface area contributed by atoms with Crippen molar-refractivity contribution in [2.24, 2.45) is 5.73 Å². The van der Waals surface area contributed by atoms with Gasteiger partial charge in [0.25, 0.3) is 0 Å². The summed E-state index contributed by atoms with van der Waals surface area (Å²) in [5.41, 5.74) is 9.32. The van der Waals surface area contributed by atoms with E-state index in [-0.39, 0.29) is 5.82 Å². The van der Waals surface area contributed by atoms with Gasteiger partial charge in [-0.3, -0.25) is 4.98 Å². The van der Waals surface area contributed by atoms with Gasteiger partial charge in [-0.1, -0.05) is 0 Å². The molecule has 2 N–H and O–H groups in total. The molecule has 0 amide bonds. The molecule has 1 aliphatic rings. The summed E-state index contributed by atoms with van der Waals surface area (Å²) >= 11 is 0. The summed E-state index contributed by atoms with van der Waals surface area (Å²) in [4.78, 5) is 11.0. The van der Waals surface area contributed by atoms with E-state index in [0.717, 1.165) is 16.8 Å². The number of pyridine rings is 1. The molecule has 1 aliphatic heterocycles. The first kappa shape index (κ1) is 16.9. The lowest BCUT2D eigenvalue weighted by Crippen LogP contribution is -2.50. The second-order valence-corrected chi connectivity index (χ2v) is 6.87. The molecular formula is C19H21F2N5. The molecule has 1 aromatic carbocycles. The number of hydrogen-bond donors (Lipinski definition) is 1. The van der Waals surface area contributed by atoms with Crippen LogP contribution in [0.25, 0.3) is 11.0 Å². The van der Waals surface area contributed by atoms with Crippen LogP contribution in [0.15, 0.2) is 36.5 Å². The molecule has 2 aromatic heterocycles. The number of nitrogens with zero attached hydrogens (tertiary/aromatic N) is 4. The number of benzene rings is 1. The summed E-state index contributed by atoms with van der Waals surface area (Å²) in [6, 6.07) is 7.97. The van der Waals surface area contributed by atoms with Gasteiger partial charge in [0.05, 0.1) is 29.3 Å². The van der Waals surface area contributed by atoms with Crippen LogP contribution in [0, 0.1) is 12.7 Å². The molecule has 136 valence electrons. The van der Waals surface area contributed by atoms with Gasteiger partial charge in [-0.05, 0) is 43.2 Å². The molecular weight excluding hydrogens is 336 g/mol. The molecule has 26 heavy (non-hydrogen) atoms. The first-order valence-corrected chi connectivity index (χ1v) is 8.73. The Hall–Kier alpha value is -2.54. The van der Waals surface area contributed by atoms with Gasteiger partial charge in [0, 0.05) is 25.4 Å². The fourth-order valence-corrected chi connectivity index (χ4v) is 3.47. The Morgan fingerprint density at radius 3 is 2.88 bits per heavy atom. The van der Waals surface area contributed by atoms with Crippen LogP contribution in [0.1, 0.15) is 17.7 Å². The average Bonchev–Trinajstić information content (AvgIpc) is 2.95. The molecule has 7 heteroatoms. The van der Waals surface area contributed by atoms with E-state index in [1.54, 1.807) is 12.3 Å². The number of anilines is 1. The molecule has 4 rings (SSSR count). The third kappa shape index (κ3) is 3.14. The van der Waals surface area contributed by atoms with Crippen molar-refractivity contribution in [3.63, 3.8) is 0 Å². The van der Waals surface area contributed by atoms with Crippen LogP contribution in [-0.2, 0) is 6.54 Å². The Labute approximate surface area is 150 Å². The van der Waals surface area contributed by atoms with Crippen LogP contribution >= 0.6 is 0 Å². The van der Waals surface area contributed by atoms with Gasteiger partial charge in [0.2, 0.25) is 5.95 Å². The molecule has 0 spiro atoms. The Bertz CT molecular complexity index is 939. The smallest absolute Gasteiger partial charge is 0.206 e. The Morgan fingerprint density at radius 1 is 1.27 bits per heavy atom. The minimum Gasteiger partial charge on any atom is -0.340 e. The van der Waals surface area contributed by atoms with Gasteiger partial charge in [-0.2, -0.15) is 0 Å². The van der Waals surface area contributed by atoms with Crippen molar-refractivity contribution >= 4 is 17.0 Å². The van der Waals surface area contributed by atoms with E-state index in [9.17, 15) is 8.78 Å².